The fraction of sp³-hybridized carbons (Fsp3) is 0.462. The molecule has 1 aromatic carbocycles. The van der Waals surface area contributed by atoms with Gasteiger partial charge in [-0.3, -0.25) is 4.79 Å². The third kappa shape index (κ3) is 3.91. The van der Waals surface area contributed by atoms with Crippen molar-refractivity contribution in [2.45, 2.75) is 23.8 Å². The molecule has 1 aromatic rings. The number of aliphatic hydroxyl groups excluding tert-OH is 1. The summed E-state index contributed by atoms with van der Waals surface area (Å²) in [6.07, 6.45) is 0.543. The first-order valence-corrected chi connectivity index (χ1v) is 7.08. The van der Waals surface area contributed by atoms with Gasteiger partial charge >= 0.3 is 0 Å². The van der Waals surface area contributed by atoms with Gasteiger partial charge in [-0.15, -0.1) is 11.8 Å². The van der Waals surface area contributed by atoms with Gasteiger partial charge in [-0.2, -0.15) is 0 Å². The lowest BCUT2D eigenvalue weighted by molar-refractivity contribution is -0.130. The zero-order valence-corrected chi connectivity index (χ0v) is 11.1. The van der Waals surface area contributed by atoms with Gasteiger partial charge in [0, 0.05) is 30.2 Å². The Kier molecular flexibility index (Phi) is 4.76. The number of halogens is 2. The first kappa shape index (κ1) is 14.3. The molecule has 6 heteroatoms. The van der Waals surface area contributed by atoms with Gasteiger partial charge < -0.3 is 10.0 Å². The summed E-state index contributed by atoms with van der Waals surface area (Å²) in [5.41, 5.74) is 0. The molecular formula is C13H15F2NO2S. The molecule has 1 N–H and O–H groups in total. The number of aliphatic hydroxyl groups is 1. The molecule has 0 bridgehead atoms. The summed E-state index contributed by atoms with van der Waals surface area (Å²) in [4.78, 5) is 14.0. The molecule has 104 valence electrons. The second kappa shape index (κ2) is 6.34. The third-order valence-electron chi connectivity index (χ3n) is 2.99. The summed E-state index contributed by atoms with van der Waals surface area (Å²) >= 11 is 1.31. The van der Waals surface area contributed by atoms with Crippen molar-refractivity contribution in [3.63, 3.8) is 0 Å². The van der Waals surface area contributed by atoms with E-state index in [4.69, 9.17) is 0 Å². The summed E-state index contributed by atoms with van der Waals surface area (Å²) in [7, 11) is 0. The van der Waals surface area contributed by atoms with Gasteiger partial charge in [-0.05, 0) is 24.6 Å². The van der Waals surface area contributed by atoms with Crippen molar-refractivity contribution >= 4 is 17.7 Å². The van der Waals surface area contributed by atoms with Gasteiger partial charge in [0.2, 0.25) is 5.91 Å². The van der Waals surface area contributed by atoms with E-state index < -0.39 is 17.7 Å². The van der Waals surface area contributed by atoms with Gasteiger partial charge in [-0.1, -0.05) is 0 Å². The van der Waals surface area contributed by atoms with Crippen LogP contribution in [0.25, 0.3) is 0 Å². The van der Waals surface area contributed by atoms with Gasteiger partial charge in [0.05, 0.1) is 6.10 Å². The van der Waals surface area contributed by atoms with Crippen LogP contribution in [0.15, 0.2) is 23.1 Å². The summed E-state index contributed by atoms with van der Waals surface area (Å²) in [5.74, 6) is -1.24. The number of nitrogens with zero attached hydrogens (tertiary/aromatic N) is 1. The van der Waals surface area contributed by atoms with E-state index in [0.717, 1.165) is 12.1 Å². The molecule has 1 amide bonds. The Morgan fingerprint density at radius 3 is 2.84 bits per heavy atom. The predicted octanol–water partition coefficient (Wildman–Crippen LogP) is 2.04. The summed E-state index contributed by atoms with van der Waals surface area (Å²) in [5, 5.41) is 9.33. The molecular weight excluding hydrogens is 272 g/mol. The van der Waals surface area contributed by atoms with Crippen molar-refractivity contribution in [3.05, 3.63) is 29.8 Å². The molecule has 0 aromatic heterocycles. The Morgan fingerprint density at radius 2 is 2.21 bits per heavy atom. The fourth-order valence-corrected chi connectivity index (χ4v) is 2.81. The van der Waals surface area contributed by atoms with E-state index in [0.29, 0.717) is 36.6 Å². The molecule has 1 saturated heterocycles. The molecule has 2 rings (SSSR count). The molecule has 0 aliphatic carbocycles. The molecule has 0 radical (unpaired) electrons. The van der Waals surface area contributed by atoms with E-state index in [1.54, 1.807) is 4.90 Å². The average molecular weight is 287 g/mol. The zero-order chi connectivity index (χ0) is 13.8. The molecule has 1 atom stereocenters. The Bertz CT molecular complexity index is 470. The molecule has 1 aliphatic rings. The SMILES string of the molecule is O=C(CCSc1ccc(F)c(F)c1)N1CC[C@@H](O)C1. The first-order chi connectivity index (χ1) is 9.06. The number of amides is 1. The van der Waals surface area contributed by atoms with Gasteiger partial charge in [-0.25, -0.2) is 8.78 Å². The first-order valence-electron chi connectivity index (χ1n) is 6.10. The molecule has 19 heavy (non-hydrogen) atoms. The fourth-order valence-electron chi connectivity index (χ4n) is 1.95. The van der Waals surface area contributed by atoms with E-state index in [1.165, 1.54) is 17.8 Å². The van der Waals surface area contributed by atoms with Crippen molar-refractivity contribution in [1.29, 1.82) is 0 Å². The van der Waals surface area contributed by atoms with E-state index in [2.05, 4.69) is 0 Å². The lowest BCUT2D eigenvalue weighted by Crippen LogP contribution is -2.29. The number of rotatable bonds is 4. The van der Waals surface area contributed by atoms with Crippen LogP contribution in [-0.2, 0) is 4.79 Å². The number of likely N-dealkylation sites (tertiary alicyclic amines) is 1. The smallest absolute Gasteiger partial charge is 0.223 e. The van der Waals surface area contributed by atoms with Crippen LogP contribution >= 0.6 is 11.8 Å². The Labute approximate surface area is 114 Å². The molecule has 3 nitrogen and oxygen atoms in total. The zero-order valence-electron chi connectivity index (χ0n) is 10.3. The standard InChI is InChI=1S/C13H15F2NO2S/c14-11-2-1-10(7-12(11)15)19-6-4-13(18)16-5-3-9(17)8-16/h1-2,7,9,17H,3-6,8H2/t9-/m1/s1. The van der Waals surface area contributed by atoms with Crippen LogP contribution in [0, 0.1) is 11.6 Å². The number of thioether (sulfide) groups is 1. The van der Waals surface area contributed by atoms with Crippen molar-refractivity contribution < 1.29 is 18.7 Å². The van der Waals surface area contributed by atoms with Crippen LogP contribution < -0.4 is 0 Å². The molecule has 1 aliphatic heterocycles. The topological polar surface area (TPSA) is 40.5 Å². The molecule has 0 unspecified atom stereocenters. The van der Waals surface area contributed by atoms with Crippen LogP contribution in [0.1, 0.15) is 12.8 Å². The highest BCUT2D eigenvalue weighted by Crippen LogP contribution is 2.21. The predicted molar refractivity (Wildman–Crippen MR) is 68.9 cm³/mol. The second-order valence-electron chi connectivity index (χ2n) is 4.46. The monoisotopic (exact) mass is 287 g/mol. The van der Waals surface area contributed by atoms with E-state index >= 15 is 0 Å². The van der Waals surface area contributed by atoms with Crippen molar-refractivity contribution in [1.82, 2.24) is 4.90 Å². The molecule has 0 saturated carbocycles. The van der Waals surface area contributed by atoms with Crippen LogP contribution in [-0.4, -0.2) is 40.9 Å². The Morgan fingerprint density at radius 1 is 1.42 bits per heavy atom. The maximum absolute atomic E-state index is 13.0. The summed E-state index contributed by atoms with van der Waals surface area (Å²) < 4.78 is 25.7. The molecule has 1 heterocycles. The summed E-state index contributed by atoms with van der Waals surface area (Å²) in [6.45, 7) is 0.991. The van der Waals surface area contributed by atoms with Crippen molar-refractivity contribution in [2.24, 2.45) is 0 Å². The number of hydrogen-bond acceptors (Lipinski definition) is 3. The van der Waals surface area contributed by atoms with Crippen LogP contribution in [0.3, 0.4) is 0 Å². The van der Waals surface area contributed by atoms with Crippen LogP contribution in [0.5, 0.6) is 0 Å². The minimum atomic E-state index is -0.876. The quantitative estimate of drug-likeness (QED) is 0.862. The number of β-amino-alcohol motifs (C(OH)–C–C–N with tert-alkyl or cyclic N) is 1. The van der Waals surface area contributed by atoms with Gasteiger partial charge in [0.25, 0.3) is 0 Å². The maximum Gasteiger partial charge on any atom is 0.223 e. The summed E-state index contributed by atoms with van der Waals surface area (Å²) in [6, 6.07) is 3.70. The lowest BCUT2D eigenvalue weighted by Gasteiger charge is -2.15. The largest absolute Gasteiger partial charge is 0.391 e. The number of hydrogen-bond donors (Lipinski definition) is 1. The minimum Gasteiger partial charge on any atom is -0.391 e. The second-order valence-corrected chi connectivity index (χ2v) is 5.62. The lowest BCUT2D eigenvalue weighted by atomic mass is 10.3. The van der Waals surface area contributed by atoms with Gasteiger partial charge in [0.15, 0.2) is 11.6 Å². The van der Waals surface area contributed by atoms with Crippen LogP contribution in [0.4, 0.5) is 8.78 Å². The van der Waals surface area contributed by atoms with Crippen LogP contribution in [0.2, 0.25) is 0 Å². The maximum atomic E-state index is 13.0. The number of benzene rings is 1. The minimum absolute atomic E-state index is 0.00775. The Hall–Kier alpha value is -1.14. The average Bonchev–Trinajstić information content (AvgIpc) is 2.80. The van der Waals surface area contributed by atoms with Crippen molar-refractivity contribution in [2.75, 3.05) is 18.8 Å². The highest BCUT2D eigenvalue weighted by molar-refractivity contribution is 7.99. The number of carbonyl (C=O) groups is 1. The highest BCUT2D eigenvalue weighted by atomic mass is 32.2. The van der Waals surface area contributed by atoms with Gasteiger partial charge in [0.1, 0.15) is 0 Å². The molecule has 0 spiro atoms. The molecule has 1 fully saturated rings. The van der Waals surface area contributed by atoms with E-state index in [-0.39, 0.29) is 5.91 Å². The van der Waals surface area contributed by atoms with Crippen molar-refractivity contribution in [3.8, 4) is 0 Å². The normalized spacial score (nSPS) is 18.9. The van der Waals surface area contributed by atoms with E-state index in [9.17, 15) is 18.7 Å². The number of carbonyl (C=O) groups excluding carboxylic acids is 1. The third-order valence-corrected chi connectivity index (χ3v) is 3.99. The van der Waals surface area contributed by atoms with E-state index in [1.807, 2.05) is 0 Å². The Balaban J connectivity index is 1.77. The highest BCUT2D eigenvalue weighted by Gasteiger charge is 2.23.